The molecule has 2 N–H and O–H groups in total. The molecule has 1 aromatic heterocycles. The van der Waals surface area contributed by atoms with E-state index in [2.05, 4.69) is 43.7 Å². The quantitative estimate of drug-likeness (QED) is 0.532. The number of ether oxygens (including phenoxy) is 1. The Kier molecular flexibility index (Phi) is 6.49. The maximum Gasteiger partial charge on any atom is 0.191 e. The molecule has 1 aromatic carbocycles. The Morgan fingerprint density at radius 2 is 1.93 bits per heavy atom. The van der Waals surface area contributed by atoms with Crippen LogP contribution in [-0.4, -0.2) is 37.7 Å². The van der Waals surface area contributed by atoms with Crippen molar-refractivity contribution in [3.63, 3.8) is 0 Å². The molecule has 0 spiro atoms. The number of aliphatic imine (C=N–C) groups is 1. The predicted octanol–water partition coefficient (Wildman–Crippen LogP) is 3.34. The highest BCUT2D eigenvalue weighted by molar-refractivity contribution is 5.79. The van der Waals surface area contributed by atoms with Crippen LogP contribution < -0.4 is 20.3 Å². The summed E-state index contributed by atoms with van der Waals surface area (Å²) in [4.78, 5) is 11.2. The van der Waals surface area contributed by atoms with E-state index in [4.69, 9.17) is 4.74 Å². The smallest absolute Gasteiger partial charge is 0.191 e. The molecule has 6 heteroatoms. The van der Waals surface area contributed by atoms with Crippen LogP contribution in [0.5, 0.6) is 5.75 Å². The van der Waals surface area contributed by atoms with Crippen LogP contribution in [0.25, 0.3) is 0 Å². The third-order valence-electron chi connectivity index (χ3n) is 5.51. The topological polar surface area (TPSA) is 61.8 Å². The average molecular weight is 394 g/mol. The van der Waals surface area contributed by atoms with Crippen LogP contribution in [0.4, 0.5) is 5.82 Å². The summed E-state index contributed by atoms with van der Waals surface area (Å²) in [6, 6.07) is 12.5. The van der Waals surface area contributed by atoms with Crippen molar-refractivity contribution in [1.82, 2.24) is 15.6 Å². The van der Waals surface area contributed by atoms with E-state index in [1.165, 1.54) is 31.2 Å². The largest absolute Gasteiger partial charge is 0.493 e. The molecule has 1 saturated heterocycles. The molecule has 0 amide bonds. The van der Waals surface area contributed by atoms with Crippen LogP contribution >= 0.6 is 0 Å². The first-order valence-electron chi connectivity index (χ1n) is 10.7. The molecule has 1 aliphatic heterocycles. The Labute approximate surface area is 173 Å². The summed E-state index contributed by atoms with van der Waals surface area (Å²) >= 11 is 0. The number of aromatic nitrogens is 1. The monoisotopic (exact) mass is 393 g/mol. The number of hydrogen-bond acceptors (Lipinski definition) is 4. The first-order chi connectivity index (χ1) is 14.3. The Bertz CT molecular complexity index is 828. The summed E-state index contributed by atoms with van der Waals surface area (Å²) in [7, 11) is 1.80. The minimum absolute atomic E-state index is 0.676. The van der Waals surface area contributed by atoms with Gasteiger partial charge in [0.1, 0.15) is 11.6 Å². The van der Waals surface area contributed by atoms with Crippen molar-refractivity contribution in [3.05, 3.63) is 53.7 Å². The molecule has 2 aromatic rings. The lowest BCUT2D eigenvalue weighted by Crippen LogP contribution is -2.36. The van der Waals surface area contributed by atoms with E-state index >= 15 is 0 Å². The Morgan fingerprint density at radius 3 is 2.72 bits per heavy atom. The summed E-state index contributed by atoms with van der Waals surface area (Å²) in [5, 5.41) is 6.81. The summed E-state index contributed by atoms with van der Waals surface area (Å²) in [5.41, 5.74) is 2.36. The normalized spacial score (nSPS) is 16.7. The van der Waals surface area contributed by atoms with Crippen LogP contribution in [-0.2, 0) is 13.1 Å². The zero-order valence-electron chi connectivity index (χ0n) is 17.2. The number of guanidine groups is 1. The molecule has 6 nitrogen and oxygen atoms in total. The van der Waals surface area contributed by atoms with E-state index in [1.54, 1.807) is 7.05 Å². The molecule has 2 aliphatic rings. The minimum Gasteiger partial charge on any atom is -0.493 e. The van der Waals surface area contributed by atoms with Gasteiger partial charge in [-0.05, 0) is 55.4 Å². The highest BCUT2D eigenvalue weighted by Crippen LogP contribution is 2.30. The van der Waals surface area contributed by atoms with E-state index in [0.717, 1.165) is 48.7 Å². The van der Waals surface area contributed by atoms with Gasteiger partial charge in [-0.3, -0.25) is 4.99 Å². The van der Waals surface area contributed by atoms with Crippen molar-refractivity contribution in [2.45, 2.75) is 38.8 Å². The molecular formula is C23H31N5O. The average Bonchev–Trinajstić information content (AvgIpc) is 3.43. The second-order valence-corrected chi connectivity index (χ2v) is 7.86. The zero-order valence-corrected chi connectivity index (χ0v) is 17.2. The van der Waals surface area contributed by atoms with E-state index in [1.807, 2.05) is 24.4 Å². The molecule has 2 fully saturated rings. The third-order valence-corrected chi connectivity index (χ3v) is 5.51. The molecule has 1 aliphatic carbocycles. The van der Waals surface area contributed by atoms with E-state index < -0.39 is 0 Å². The molecule has 0 radical (unpaired) electrons. The Hall–Kier alpha value is -2.76. The van der Waals surface area contributed by atoms with Crippen LogP contribution in [0.2, 0.25) is 0 Å². The number of nitrogens with zero attached hydrogens (tertiary/aromatic N) is 3. The van der Waals surface area contributed by atoms with Gasteiger partial charge in [0.25, 0.3) is 0 Å². The minimum atomic E-state index is 0.676. The fourth-order valence-corrected chi connectivity index (χ4v) is 3.56. The lowest BCUT2D eigenvalue weighted by atomic mass is 10.2. The number of anilines is 1. The second-order valence-electron chi connectivity index (χ2n) is 7.86. The van der Waals surface area contributed by atoms with Crippen molar-refractivity contribution in [3.8, 4) is 5.75 Å². The van der Waals surface area contributed by atoms with Crippen LogP contribution in [0, 0.1) is 5.92 Å². The van der Waals surface area contributed by atoms with E-state index in [9.17, 15) is 0 Å². The van der Waals surface area contributed by atoms with Crippen molar-refractivity contribution in [1.29, 1.82) is 0 Å². The highest BCUT2D eigenvalue weighted by Gasteiger charge is 2.22. The molecule has 0 bridgehead atoms. The van der Waals surface area contributed by atoms with Gasteiger partial charge in [0.15, 0.2) is 5.96 Å². The maximum atomic E-state index is 6.01. The first kappa shape index (κ1) is 19.6. The number of nitrogens with one attached hydrogen (secondary N) is 2. The zero-order chi connectivity index (χ0) is 19.9. The van der Waals surface area contributed by atoms with Crippen molar-refractivity contribution < 1.29 is 4.74 Å². The summed E-state index contributed by atoms with van der Waals surface area (Å²) in [6.07, 6.45) is 7.00. The highest BCUT2D eigenvalue weighted by atomic mass is 16.5. The molecule has 2 heterocycles. The summed E-state index contributed by atoms with van der Waals surface area (Å²) in [6.45, 7) is 4.43. The van der Waals surface area contributed by atoms with Gasteiger partial charge >= 0.3 is 0 Å². The van der Waals surface area contributed by atoms with Gasteiger partial charge in [-0.25, -0.2) is 4.98 Å². The van der Waals surface area contributed by atoms with Gasteiger partial charge in [-0.15, -0.1) is 0 Å². The number of rotatable bonds is 8. The molecular weight excluding hydrogens is 362 g/mol. The number of benzene rings is 1. The Morgan fingerprint density at radius 1 is 1.14 bits per heavy atom. The van der Waals surface area contributed by atoms with Crippen molar-refractivity contribution in [2.75, 3.05) is 31.6 Å². The SMILES string of the molecule is CN=C(NCc1ccnc(N2CCCC2)c1)NCc1ccccc1OCC1CC1. The van der Waals surface area contributed by atoms with Gasteiger partial charge in [-0.1, -0.05) is 18.2 Å². The van der Waals surface area contributed by atoms with Crippen molar-refractivity contribution >= 4 is 11.8 Å². The maximum absolute atomic E-state index is 6.01. The Balaban J connectivity index is 1.29. The third kappa shape index (κ3) is 5.62. The van der Waals surface area contributed by atoms with Crippen LogP contribution in [0.1, 0.15) is 36.8 Å². The van der Waals surface area contributed by atoms with Gasteiger partial charge in [-0.2, -0.15) is 0 Å². The standard InChI is InChI=1S/C23H31N5O/c1-24-23(26-15-19-10-11-25-22(14-19)28-12-4-5-13-28)27-16-20-6-2-3-7-21(20)29-17-18-8-9-18/h2-3,6-7,10-11,14,18H,4-5,8-9,12-13,15-17H2,1H3,(H2,24,26,27). The van der Waals surface area contributed by atoms with Crippen LogP contribution in [0.15, 0.2) is 47.6 Å². The first-order valence-corrected chi connectivity index (χ1v) is 10.7. The lowest BCUT2D eigenvalue weighted by Gasteiger charge is -2.18. The van der Waals surface area contributed by atoms with Gasteiger partial charge < -0.3 is 20.3 Å². The molecule has 1 saturated carbocycles. The molecule has 4 rings (SSSR count). The van der Waals surface area contributed by atoms with Crippen molar-refractivity contribution in [2.24, 2.45) is 10.9 Å². The molecule has 0 unspecified atom stereocenters. The van der Waals surface area contributed by atoms with E-state index in [0.29, 0.717) is 13.1 Å². The second kappa shape index (κ2) is 9.63. The number of pyridine rings is 1. The van der Waals surface area contributed by atoms with Gasteiger partial charge in [0, 0.05) is 45.0 Å². The number of hydrogen-bond donors (Lipinski definition) is 2. The molecule has 29 heavy (non-hydrogen) atoms. The lowest BCUT2D eigenvalue weighted by molar-refractivity contribution is 0.296. The summed E-state index contributed by atoms with van der Waals surface area (Å²) < 4.78 is 6.01. The fourth-order valence-electron chi connectivity index (χ4n) is 3.56. The van der Waals surface area contributed by atoms with E-state index in [-0.39, 0.29) is 0 Å². The van der Waals surface area contributed by atoms with Crippen LogP contribution in [0.3, 0.4) is 0 Å². The summed E-state index contributed by atoms with van der Waals surface area (Å²) in [5.74, 6) is 3.57. The van der Waals surface area contributed by atoms with Gasteiger partial charge in [0.2, 0.25) is 0 Å². The molecule has 0 atom stereocenters. The van der Waals surface area contributed by atoms with Gasteiger partial charge in [0.05, 0.1) is 6.61 Å². The molecule has 154 valence electrons. The fraction of sp³-hybridized carbons (Fsp3) is 0.478. The predicted molar refractivity (Wildman–Crippen MR) is 117 cm³/mol. The number of para-hydroxylation sites is 1.